The van der Waals surface area contributed by atoms with E-state index in [1.807, 2.05) is 12.4 Å². The van der Waals surface area contributed by atoms with Gasteiger partial charge in [0.25, 0.3) is 0 Å². The molecule has 3 heteroatoms. The average molecular weight is 426 g/mol. The predicted molar refractivity (Wildman–Crippen MR) is 134 cm³/mol. The van der Waals surface area contributed by atoms with Gasteiger partial charge in [-0.25, -0.2) is 4.98 Å². The molecule has 2 unspecified atom stereocenters. The van der Waals surface area contributed by atoms with Crippen LogP contribution in [0.4, 0.5) is 0 Å². The minimum absolute atomic E-state index is 0.343. The van der Waals surface area contributed by atoms with Gasteiger partial charge in [0.2, 0.25) is 0 Å². The van der Waals surface area contributed by atoms with Crippen molar-refractivity contribution in [2.75, 3.05) is 0 Å². The standard InChI is InChI=1S/C30H23N3/c1-20-10-13-23(14-11-20)30(24-15-12-22-19-31-17-16-21(22)18-24)26-7-3-2-6-25(26)29-32-27-8-4-5-9-28(27)33(29)30/h2-17,19,21H,18H2,1H3. The lowest BCUT2D eigenvalue weighted by molar-refractivity contribution is 0.507. The van der Waals surface area contributed by atoms with Crippen LogP contribution in [0.1, 0.15) is 23.1 Å². The van der Waals surface area contributed by atoms with Crippen molar-refractivity contribution in [2.24, 2.45) is 10.9 Å². The molecule has 2 atom stereocenters. The highest BCUT2D eigenvalue weighted by molar-refractivity contribution is 5.88. The van der Waals surface area contributed by atoms with Crippen molar-refractivity contribution < 1.29 is 0 Å². The monoisotopic (exact) mass is 425 g/mol. The molecule has 0 saturated carbocycles. The summed E-state index contributed by atoms with van der Waals surface area (Å²) in [6, 6.07) is 26.4. The Kier molecular flexibility index (Phi) is 3.80. The van der Waals surface area contributed by atoms with Gasteiger partial charge in [0.05, 0.1) is 11.0 Å². The fraction of sp³-hybridized carbons (Fsp3) is 0.133. The number of fused-ring (bicyclic) bond motifs is 6. The Morgan fingerprint density at radius 1 is 0.909 bits per heavy atom. The molecule has 0 bridgehead atoms. The zero-order valence-electron chi connectivity index (χ0n) is 18.4. The molecule has 158 valence electrons. The molecule has 0 radical (unpaired) electrons. The number of aromatic nitrogens is 2. The van der Waals surface area contributed by atoms with Crippen molar-refractivity contribution in [1.29, 1.82) is 0 Å². The molecular weight excluding hydrogens is 402 g/mol. The van der Waals surface area contributed by atoms with Gasteiger partial charge in [-0.15, -0.1) is 0 Å². The Labute approximate surface area is 193 Å². The van der Waals surface area contributed by atoms with E-state index in [1.165, 1.54) is 38.9 Å². The average Bonchev–Trinajstić information content (AvgIpc) is 3.38. The summed E-state index contributed by atoms with van der Waals surface area (Å²) in [7, 11) is 0. The summed E-state index contributed by atoms with van der Waals surface area (Å²) >= 11 is 0. The number of benzene rings is 3. The van der Waals surface area contributed by atoms with Crippen LogP contribution in [0.25, 0.3) is 22.4 Å². The minimum Gasteiger partial charge on any atom is -0.305 e. The number of aryl methyl sites for hydroxylation is 1. The Hall–Kier alpha value is -3.98. The third-order valence-electron chi connectivity index (χ3n) is 7.36. The van der Waals surface area contributed by atoms with Crippen LogP contribution in [0, 0.1) is 12.8 Å². The van der Waals surface area contributed by atoms with E-state index in [1.54, 1.807) is 0 Å². The van der Waals surface area contributed by atoms with Crippen molar-refractivity contribution in [3.8, 4) is 11.4 Å². The van der Waals surface area contributed by atoms with Crippen molar-refractivity contribution >= 4 is 17.2 Å². The molecular formula is C30H23N3. The highest BCUT2D eigenvalue weighted by Gasteiger charge is 2.49. The lowest BCUT2D eigenvalue weighted by Crippen LogP contribution is -2.37. The second-order valence-corrected chi connectivity index (χ2v) is 9.17. The van der Waals surface area contributed by atoms with Crippen molar-refractivity contribution in [3.05, 3.63) is 125 Å². The normalized spacial score (nSPS) is 22.5. The van der Waals surface area contributed by atoms with Crippen LogP contribution < -0.4 is 0 Å². The molecule has 0 saturated heterocycles. The van der Waals surface area contributed by atoms with Gasteiger partial charge >= 0.3 is 0 Å². The Balaban J connectivity index is 1.62. The SMILES string of the molecule is Cc1ccc(C2(C3=CC=C4C=NC=CC4C3)c3ccccc3-c3nc4ccccc4n32)cc1. The maximum Gasteiger partial charge on any atom is 0.142 e. The molecule has 1 aliphatic carbocycles. The maximum atomic E-state index is 5.13. The van der Waals surface area contributed by atoms with Crippen molar-refractivity contribution in [3.63, 3.8) is 0 Å². The summed E-state index contributed by atoms with van der Waals surface area (Å²) in [6.45, 7) is 2.15. The highest BCUT2D eigenvalue weighted by Crippen LogP contribution is 2.55. The quantitative estimate of drug-likeness (QED) is 0.356. The van der Waals surface area contributed by atoms with Crippen LogP contribution in [-0.2, 0) is 5.54 Å². The molecule has 1 aromatic heterocycles. The van der Waals surface area contributed by atoms with E-state index in [0.29, 0.717) is 5.92 Å². The van der Waals surface area contributed by atoms with Crippen LogP contribution >= 0.6 is 0 Å². The van der Waals surface area contributed by atoms with Gasteiger partial charge in [0.1, 0.15) is 11.4 Å². The fourth-order valence-corrected chi connectivity index (χ4v) is 5.85. The molecule has 3 heterocycles. The molecule has 4 aromatic rings. The number of para-hydroxylation sites is 2. The topological polar surface area (TPSA) is 30.2 Å². The van der Waals surface area contributed by atoms with Crippen molar-refractivity contribution in [1.82, 2.24) is 9.55 Å². The largest absolute Gasteiger partial charge is 0.305 e. The van der Waals surface area contributed by atoms with Gasteiger partial charge in [-0.2, -0.15) is 0 Å². The summed E-state index contributed by atoms with van der Waals surface area (Å²) in [5.41, 5.74) is 9.49. The number of nitrogens with zero attached hydrogens (tertiary/aromatic N) is 3. The number of allylic oxidation sites excluding steroid dienone is 5. The van der Waals surface area contributed by atoms with Crippen molar-refractivity contribution in [2.45, 2.75) is 18.9 Å². The molecule has 0 N–H and O–H groups in total. The van der Waals surface area contributed by atoms with Gasteiger partial charge in [0, 0.05) is 23.9 Å². The second kappa shape index (κ2) is 6.76. The highest BCUT2D eigenvalue weighted by atomic mass is 15.2. The summed E-state index contributed by atoms with van der Waals surface area (Å²) in [4.78, 5) is 9.49. The van der Waals surface area contributed by atoms with Gasteiger partial charge in [-0.05, 0) is 47.8 Å². The molecule has 0 amide bonds. The van der Waals surface area contributed by atoms with Gasteiger partial charge in [-0.3, -0.25) is 4.99 Å². The molecule has 3 nitrogen and oxygen atoms in total. The van der Waals surface area contributed by atoms with Crippen LogP contribution in [0.5, 0.6) is 0 Å². The predicted octanol–water partition coefficient (Wildman–Crippen LogP) is 6.59. The Morgan fingerprint density at radius 2 is 1.73 bits per heavy atom. The third kappa shape index (κ3) is 2.45. The first kappa shape index (κ1) is 18.6. The molecule has 0 fully saturated rings. The second-order valence-electron chi connectivity index (χ2n) is 9.17. The Bertz CT molecular complexity index is 1550. The lowest BCUT2D eigenvalue weighted by atomic mass is 9.71. The lowest BCUT2D eigenvalue weighted by Gasteiger charge is -2.39. The first-order valence-corrected chi connectivity index (χ1v) is 11.5. The maximum absolute atomic E-state index is 5.13. The molecule has 2 aliphatic heterocycles. The molecule has 7 rings (SSSR count). The molecule has 3 aliphatic rings. The number of aliphatic imine (C=N–C) groups is 1. The number of imidazole rings is 1. The van der Waals surface area contributed by atoms with Crippen LogP contribution in [0.2, 0.25) is 0 Å². The Morgan fingerprint density at radius 3 is 2.64 bits per heavy atom. The van der Waals surface area contributed by atoms with Gasteiger partial charge in [0.15, 0.2) is 0 Å². The van der Waals surface area contributed by atoms with E-state index in [0.717, 1.165) is 17.8 Å². The summed E-state index contributed by atoms with van der Waals surface area (Å²) < 4.78 is 2.49. The van der Waals surface area contributed by atoms with Gasteiger partial charge < -0.3 is 4.57 Å². The molecule has 3 aromatic carbocycles. The van der Waals surface area contributed by atoms with E-state index in [4.69, 9.17) is 4.98 Å². The summed E-state index contributed by atoms with van der Waals surface area (Å²) in [6.07, 6.45) is 11.7. The number of hydrogen-bond donors (Lipinski definition) is 0. The van der Waals surface area contributed by atoms with Crippen LogP contribution in [0.15, 0.2) is 113 Å². The number of rotatable bonds is 2. The zero-order chi connectivity index (χ0) is 22.0. The van der Waals surface area contributed by atoms with E-state index in [9.17, 15) is 0 Å². The zero-order valence-corrected chi connectivity index (χ0v) is 18.4. The van der Waals surface area contributed by atoms with Crippen LogP contribution in [0.3, 0.4) is 0 Å². The van der Waals surface area contributed by atoms with E-state index < -0.39 is 5.54 Å². The van der Waals surface area contributed by atoms with E-state index in [-0.39, 0.29) is 0 Å². The summed E-state index contributed by atoms with van der Waals surface area (Å²) in [5, 5.41) is 0. The fourth-order valence-electron chi connectivity index (χ4n) is 5.85. The summed E-state index contributed by atoms with van der Waals surface area (Å²) in [5.74, 6) is 1.39. The minimum atomic E-state index is -0.444. The smallest absolute Gasteiger partial charge is 0.142 e. The van der Waals surface area contributed by atoms with Crippen LogP contribution in [-0.4, -0.2) is 15.8 Å². The van der Waals surface area contributed by atoms with E-state index in [2.05, 4.69) is 108 Å². The number of hydrogen-bond acceptors (Lipinski definition) is 2. The third-order valence-corrected chi connectivity index (χ3v) is 7.36. The first-order chi connectivity index (χ1) is 16.3. The first-order valence-electron chi connectivity index (χ1n) is 11.5. The molecule has 33 heavy (non-hydrogen) atoms. The van der Waals surface area contributed by atoms with Gasteiger partial charge in [-0.1, -0.05) is 84.5 Å². The van der Waals surface area contributed by atoms with E-state index >= 15 is 0 Å². The molecule has 0 spiro atoms.